The molecule has 0 bridgehead atoms. The lowest BCUT2D eigenvalue weighted by atomic mass is 10.1. The Morgan fingerprint density at radius 1 is 1.45 bits per heavy atom. The van der Waals surface area contributed by atoms with Gasteiger partial charge < -0.3 is 11.1 Å². The number of amides is 3. The molecule has 5 nitrogen and oxygen atoms in total. The molecule has 0 unspecified atom stereocenters. The molecule has 1 aliphatic rings. The molecule has 1 atom stereocenters. The second kappa shape index (κ2) is 3.34. The zero-order chi connectivity index (χ0) is 8.27. The number of nitrogens with one attached hydrogen (secondary N) is 2. The highest BCUT2D eigenvalue weighted by Crippen LogP contribution is 2.00. The maximum absolute atomic E-state index is 10.9. The maximum Gasteiger partial charge on any atom is 0.322 e. The van der Waals surface area contributed by atoms with E-state index in [2.05, 4.69) is 10.6 Å². The molecule has 0 radical (unpaired) electrons. The molecule has 1 saturated heterocycles. The summed E-state index contributed by atoms with van der Waals surface area (Å²) in [6, 6.07) is -0.775. The summed E-state index contributed by atoms with van der Waals surface area (Å²) >= 11 is 0. The van der Waals surface area contributed by atoms with Crippen molar-refractivity contribution < 1.29 is 9.59 Å². The Kier molecular flexibility index (Phi) is 2.43. The van der Waals surface area contributed by atoms with Crippen molar-refractivity contribution in [1.82, 2.24) is 10.6 Å². The molecule has 0 aromatic heterocycles. The third-order valence-corrected chi connectivity index (χ3v) is 1.56. The molecule has 1 aliphatic heterocycles. The van der Waals surface area contributed by atoms with Crippen molar-refractivity contribution in [3.8, 4) is 0 Å². The molecule has 0 saturated carbocycles. The number of rotatable bonds is 3. The Balaban J connectivity index is 2.34. The van der Waals surface area contributed by atoms with Crippen molar-refractivity contribution in [3.63, 3.8) is 0 Å². The average Bonchev–Trinajstić information content (AvgIpc) is 2.26. The van der Waals surface area contributed by atoms with Gasteiger partial charge >= 0.3 is 6.03 Å². The Morgan fingerprint density at radius 2 is 2.18 bits per heavy atom. The lowest BCUT2D eigenvalue weighted by Crippen LogP contribution is -2.29. The van der Waals surface area contributed by atoms with E-state index < -0.39 is 6.03 Å². The number of hydrogen-bond acceptors (Lipinski definition) is 3. The third-order valence-electron chi connectivity index (χ3n) is 1.56. The van der Waals surface area contributed by atoms with Crippen molar-refractivity contribution >= 4 is 11.9 Å². The minimum Gasteiger partial charge on any atom is -0.330 e. The second-order valence-corrected chi connectivity index (χ2v) is 2.45. The summed E-state index contributed by atoms with van der Waals surface area (Å²) in [5, 5.41) is 4.63. The van der Waals surface area contributed by atoms with Gasteiger partial charge in [-0.05, 0) is 19.4 Å². The Hall–Kier alpha value is -1.10. The number of carbonyl (C=O) groups excluding carboxylic acids is 2. The summed E-state index contributed by atoms with van der Waals surface area (Å²) in [4.78, 5) is 21.4. The van der Waals surface area contributed by atoms with Crippen LogP contribution in [-0.2, 0) is 4.79 Å². The van der Waals surface area contributed by atoms with E-state index in [0.717, 1.165) is 6.42 Å². The lowest BCUT2D eigenvalue weighted by Gasteiger charge is -2.03. The first kappa shape index (κ1) is 8.00. The molecule has 1 heterocycles. The van der Waals surface area contributed by atoms with Crippen LogP contribution < -0.4 is 16.4 Å². The molecule has 0 aromatic rings. The van der Waals surface area contributed by atoms with Gasteiger partial charge in [0.15, 0.2) is 0 Å². The smallest absolute Gasteiger partial charge is 0.322 e. The van der Waals surface area contributed by atoms with E-state index in [4.69, 9.17) is 5.73 Å². The first-order valence-electron chi connectivity index (χ1n) is 3.55. The fourth-order valence-corrected chi connectivity index (χ4v) is 0.984. The van der Waals surface area contributed by atoms with Crippen LogP contribution in [-0.4, -0.2) is 24.5 Å². The Labute approximate surface area is 64.3 Å². The van der Waals surface area contributed by atoms with Gasteiger partial charge in [-0.3, -0.25) is 10.1 Å². The summed E-state index contributed by atoms with van der Waals surface area (Å²) in [6.07, 6.45) is 1.37. The highest BCUT2D eigenvalue weighted by atomic mass is 16.2. The SMILES string of the molecule is NCCC[C@@H]1NC(=O)NC1=O. The van der Waals surface area contributed by atoms with Gasteiger partial charge in [0.2, 0.25) is 0 Å². The summed E-state index contributed by atoms with van der Waals surface area (Å²) in [5.41, 5.74) is 5.24. The van der Waals surface area contributed by atoms with Crippen LogP contribution in [0.3, 0.4) is 0 Å². The molecule has 62 valence electrons. The normalized spacial score (nSPS) is 23.2. The molecule has 11 heavy (non-hydrogen) atoms. The van der Waals surface area contributed by atoms with E-state index in [-0.39, 0.29) is 11.9 Å². The van der Waals surface area contributed by atoms with E-state index in [1.54, 1.807) is 0 Å². The van der Waals surface area contributed by atoms with E-state index >= 15 is 0 Å². The Bertz CT molecular complexity index is 181. The molecule has 1 fully saturated rings. The fourth-order valence-electron chi connectivity index (χ4n) is 0.984. The van der Waals surface area contributed by atoms with Crippen molar-refractivity contribution in [3.05, 3.63) is 0 Å². The lowest BCUT2D eigenvalue weighted by molar-refractivity contribution is -0.120. The van der Waals surface area contributed by atoms with Crippen LogP contribution in [0.4, 0.5) is 4.79 Å². The van der Waals surface area contributed by atoms with Gasteiger partial charge in [0.1, 0.15) is 6.04 Å². The van der Waals surface area contributed by atoms with E-state index in [1.165, 1.54) is 0 Å². The van der Waals surface area contributed by atoms with Gasteiger partial charge in [0.05, 0.1) is 0 Å². The van der Waals surface area contributed by atoms with Gasteiger partial charge in [-0.25, -0.2) is 4.79 Å². The van der Waals surface area contributed by atoms with Gasteiger partial charge in [-0.15, -0.1) is 0 Å². The average molecular weight is 157 g/mol. The molecule has 5 heteroatoms. The summed E-state index contributed by atoms with van der Waals surface area (Å²) < 4.78 is 0. The van der Waals surface area contributed by atoms with Crippen molar-refractivity contribution in [1.29, 1.82) is 0 Å². The second-order valence-electron chi connectivity index (χ2n) is 2.45. The standard InChI is InChI=1S/C6H11N3O2/c7-3-1-2-4-5(10)9-6(11)8-4/h4H,1-3,7H2,(H2,8,9,10,11)/t4-/m0/s1. The minimum absolute atomic E-state index is 0.247. The summed E-state index contributed by atoms with van der Waals surface area (Å²) in [6.45, 7) is 0.541. The molecular formula is C6H11N3O2. The third kappa shape index (κ3) is 1.91. The number of hydrogen-bond donors (Lipinski definition) is 3. The molecule has 3 amide bonds. The van der Waals surface area contributed by atoms with Gasteiger partial charge in [0, 0.05) is 0 Å². The molecule has 0 aliphatic carbocycles. The molecule has 1 rings (SSSR count). The van der Waals surface area contributed by atoms with E-state index in [1.807, 2.05) is 0 Å². The van der Waals surface area contributed by atoms with Crippen molar-refractivity contribution in [2.24, 2.45) is 5.73 Å². The van der Waals surface area contributed by atoms with Gasteiger partial charge in [-0.2, -0.15) is 0 Å². The molecular weight excluding hydrogens is 146 g/mol. The molecule has 4 N–H and O–H groups in total. The van der Waals surface area contributed by atoms with Crippen molar-refractivity contribution in [2.45, 2.75) is 18.9 Å². The van der Waals surface area contributed by atoms with Crippen LogP contribution in [0.2, 0.25) is 0 Å². The topological polar surface area (TPSA) is 84.2 Å². The number of urea groups is 1. The van der Waals surface area contributed by atoms with E-state index in [0.29, 0.717) is 13.0 Å². The van der Waals surface area contributed by atoms with Gasteiger partial charge in [0.25, 0.3) is 5.91 Å². The van der Waals surface area contributed by atoms with E-state index in [9.17, 15) is 9.59 Å². The van der Waals surface area contributed by atoms with Crippen LogP contribution >= 0.6 is 0 Å². The van der Waals surface area contributed by atoms with Crippen molar-refractivity contribution in [2.75, 3.05) is 6.54 Å². The monoisotopic (exact) mass is 157 g/mol. The van der Waals surface area contributed by atoms with Crippen LogP contribution in [0.1, 0.15) is 12.8 Å². The first-order valence-corrected chi connectivity index (χ1v) is 3.55. The molecule has 0 aromatic carbocycles. The number of imide groups is 1. The van der Waals surface area contributed by atoms with Crippen LogP contribution in [0.5, 0.6) is 0 Å². The fraction of sp³-hybridized carbons (Fsp3) is 0.667. The van der Waals surface area contributed by atoms with Crippen LogP contribution in [0, 0.1) is 0 Å². The van der Waals surface area contributed by atoms with Gasteiger partial charge in [-0.1, -0.05) is 0 Å². The maximum atomic E-state index is 10.9. The first-order chi connectivity index (χ1) is 5.24. The molecule has 0 spiro atoms. The predicted molar refractivity (Wildman–Crippen MR) is 38.8 cm³/mol. The number of carbonyl (C=O) groups is 2. The zero-order valence-corrected chi connectivity index (χ0v) is 6.09. The van der Waals surface area contributed by atoms with Crippen LogP contribution in [0.25, 0.3) is 0 Å². The number of nitrogens with two attached hydrogens (primary N) is 1. The highest BCUT2D eigenvalue weighted by Gasteiger charge is 2.28. The predicted octanol–water partition coefficient (Wildman–Crippen LogP) is -1.07. The minimum atomic E-state index is -0.406. The largest absolute Gasteiger partial charge is 0.330 e. The Morgan fingerprint density at radius 3 is 2.64 bits per heavy atom. The summed E-state index contributed by atoms with van der Waals surface area (Å²) in [5.74, 6) is -0.247. The van der Waals surface area contributed by atoms with Crippen LogP contribution in [0.15, 0.2) is 0 Å². The quantitative estimate of drug-likeness (QED) is 0.456. The highest BCUT2D eigenvalue weighted by molar-refractivity contribution is 6.04. The zero-order valence-electron chi connectivity index (χ0n) is 6.09. The summed E-state index contributed by atoms with van der Waals surface area (Å²) in [7, 11) is 0.